The molecule has 158 valence electrons. The van der Waals surface area contributed by atoms with E-state index in [2.05, 4.69) is 10.4 Å². The summed E-state index contributed by atoms with van der Waals surface area (Å²) in [6.07, 6.45) is 0. The van der Waals surface area contributed by atoms with Crippen LogP contribution in [0.2, 0.25) is 10.0 Å². The third-order valence-corrected chi connectivity index (χ3v) is 5.01. The van der Waals surface area contributed by atoms with Gasteiger partial charge in [-0.05, 0) is 61.0 Å². The van der Waals surface area contributed by atoms with Crippen molar-refractivity contribution in [3.63, 3.8) is 0 Å². The minimum atomic E-state index is -0.384. The maximum Gasteiger partial charge on any atom is 0.292 e. The van der Waals surface area contributed by atoms with Gasteiger partial charge in [-0.2, -0.15) is 5.10 Å². The molecule has 1 N–H and O–H groups in total. The van der Waals surface area contributed by atoms with E-state index in [0.717, 1.165) is 11.3 Å². The van der Waals surface area contributed by atoms with Crippen LogP contribution in [-0.4, -0.2) is 15.7 Å². The van der Waals surface area contributed by atoms with Crippen molar-refractivity contribution in [1.29, 1.82) is 0 Å². The summed E-state index contributed by atoms with van der Waals surface area (Å²) in [4.78, 5) is 12.5. The van der Waals surface area contributed by atoms with Gasteiger partial charge in [-0.3, -0.25) is 9.48 Å². The van der Waals surface area contributed by atoms with Crippen LogP contribution >= 0.6 is 23.2 Å². The van der Waals surface area contributed by atoms with Crippen LogP contribution in [0.1, 0.15) is 27.6 Å². The lowest BCUT2D eigenvalue weighted by Crippen LogP contribution is -2.12. The molecule has 8 heteroatoms. The summed E-state index contributed by atoms with van der Waals surface area (Å²) in [6, 6.07) is 19.7. The summed E-state index contributed by atoms with van der Waals surface area (Å²) in [5.41, 5.74) is 1.93. The smallest absolute Gasteiger partial charge is 0.292 e. The van der Waals surface area contributed by atoms with Crippen molar-refractivity contribution in [3.8, 4) is 5.75 Å². The zero-order valence-corrected chi connectivity index (χ0v) is 18.2. The van der Waals surface area contributed by atoms with Gasteiger partial charge in [0.15, 0.2) is 11.6 Å². The number of rotatable bonds is 7. The van der Waals surface area contributed by atoms with E-state index in [4.69, 9.17) is 32.4 Å². The Hall–Kier alpha value is -3.22. The fourth-order valence-electron chi connectivity index (χ4n) is 2.98. The summed E-state index contributed by atoms with van der Waals surface area (Å²) in [5, 5.41) is 8.52. The highest BCUT2D eigenvalue weighted by molar-refractivity contribution is 6.30. The lowest BCUT2D eigenvalue weighted by molar-refractivity contribution is 0.0992. The molecule has 0 saturated carbocycles. The fourth-order valence-corrected chi connectivity index (χ4v) is 3.32. The summed E-state index contributed by atoms with van der Waals surface area (Å²) >= 11 is 11.9. The molecule has 2 aromatic carbocycles. The standard InChI is InChI=1S/C23H19Cl2N3O3/c1-15-11-22(27-28(15)13-16-3-2-4-18(25)12-16)26-23(29)21-10-9-20(31-21)14-30-19-7-5-17(24)6-8-19/h2-12H,13-14H2,1H3,(H,26,27,29). The van der Waals surface area contributed by atoms with E-state index >= 15 is 0 Å². The van der Waals surface area contributed by atoms with Gasteiger partial charge in [-0.1, -0.05) is 35.3 Å². The first-order valence-corrected chi connectivity index (χ1v) is 10.3. The van der Waals surface area contributed by atoms with E-state index in [0.29, 0.717) is 33.9 Å². The number of furan rings is 1. The molecule has 2 aromatic heterocycles. The van der Waals surface area contributed by atoms with Gasteiger partial charge in [0.25, 0.3) is 5.91 Å². The molecule has 0 unspecified atom stereocenters. The molecule has 4 aromatic rings. The third kappa shape index (κ3) is 5.48. The molecule has 31 heavy (non-hydrogen) atoms. The van der Waals surface area contributed by atoms with Crippen LogP contribution in [0.15, 0.2) is 71.1 Å². The lowest BCUT2D eigenvalue weighted by atomic mass is 10.2. The monoisotopic (exact) mass is 455 g/mol. The van der Waals surface area contributed by atoms with Crippen molar-refractivity contribution in [2.45, 2.75) is 20.1 Å². The second-order valence-electron chi connectivity index (χ2n) is 6.92. The van der Waals surface area contributed by atoms with E-state index in [-0.39, 0.29) is 18.3 Å². The average Bonchev–Trinajstić information content (AvgIpc) is 3.34. The van der Waals surface area contributed by atoms with Gasteiger partial charge >= 0.3 is 0 Å². The molecule has 0 aliphatic carbocycles. The molecule has 0 radical (unpaired) electrons. The number of benzene rings is 2. The van der Waals surface area contributed by atoms with E-state index in [1.54, 1.807) is 47.1 Å². The number of ether oxygens (including phenoxy) is 1. The number of nitrogens with one attached hydrogen (secondary N) is 1. The van der Waals surface area contributed by atoms with Crippen molar-refractivity contribution in [3.05, 3.63) is 99.6 Å². The maximum atomic E-state index is 12.5. The number of aryl methyl sites for hydroxylation is 1. The Morgan fingerprint density at radius 1 is 1.06 bits per heavy atom. The first kappa shape index (κ1) is 21.0. The number of nitrogens with zero attached hydrogens (tertiary/aromatic N) is 2. The molecule has 0 aliphatic heterocycles. The first-order valence-electron chi connectivity index (χ1n) is 9.53. The Bertz CT molecular complexity index is 1200. The number of hydrogen-bond donors (Lipinski definition) is 1. The van der Waals surface area contributed by atoms with E-state index < -0.39 is 0 Å². The van der Waals surface area contributed by atoms with E-state index in [1.807, 2.05) is 31.2 Å². The number of halogens is 2. The normalized spacial score (nSPS) is 10.8. The van der Waals surface area contributed by atoms with Crippen LogP contribution in [0, 0.1) is 6.92 Å². The Morgan fingerprint density at radius 2 is 1.87 bits per heavy atom. The highest BCUT2D eigenvalue weighted by Crippen LogP contribution is 2.19. The Labute approximate surface area is 189 Å². The Balaban J connectivity index is 1.37. The number of aromatic nitrogens is 2. The van der Waals surface area contributed by atoms with Crippen molar-refractivity contribution in [2.75, 3.05) is 5.32 Å². The quantitative estimate of drug-likeness (QED) is 0.372. The molecule has 2 heterocycles. The minimum absolute atomic E-state index is 0.178. The zero-order valence-electron chi connectivity index (χ0n) is 16.6. The summed E-state index contributed by atoms with van der Waals surface area (Å²) < 4.78 is 13.0. The largest absolute Gasteiger partial charge is 0.486 e. The molecule has 0 aliphatic rings. The average molecular weight is 456 g/mol. The van der Waals surface area contributed by atoms with Crippen molar-refractivity contribution in [2.24, 2.45) is 0 Å². The number of anilines is 1. The molecule has 6 nitrogen and oxygen atoms in total. The van der Waals surface area contributed by atoms with Crippen molar-refractivity contribution >= 4 is 34.9 Å². The lowest BCUT2D eigenvalue weighted by Gasteiger charge is -2.05. The van der Waals surface area contributed by atoms with Gasteiger partial charge in [0.2, 0.25) is 0 Å². The highest BCUT2D eigenvalue weighted by atomic mass is 35.5. The van der Waals surface area contributed by atoms with Gasteiger partial charge in [-0.25, -0.2) is 0 Å². The van der Waals surface area contributed by atoms with Crippen LogP contribution in [0.5, 0.6) is 5.75 Å². The number of hydrogen-bond acceptors (Lipinski definition) is 4. The van der Waals surface area contributed by atoms with Gasteiger partial charge < -0.3 is 14.5 Å². The van der Waals surface area contributed by atoms with Crippen molar-refractivity contribution < 1.29 is 13.9 Å². The third-order valence-electron chi connectivity index (χ3n) is 4.52. The zero-order chi connectivity index (χ0) is 21.8. The molecule has 0 saturated heterocycles. The van der Waals surface area contributed by atoms with Crippen LogP contribution in [-0.2, 0) is 13.2 Å². The molecular weight excluding hydrogens is 437 g/mol. The fraction of sp³-hybridized carbons (Fsp3) is 0.130. The Morgan fingerprint density at radius 3 is 2.65 bits per heavy atom. The van der Waals surface area contributed by atoms with Crippen LogP contribution < -0.4 is 10.1 Å². The predicted molar refractivity (Wildman–Crippen MR) is 120 cm³/mol. The second-order valence-corrected chi connectivity index (χ2v) is 7.79. The molecular formula is C23H19Cl2N3O3. The first-order chi connectivity index (χ1) is 15.0. The SMILES string of the molecule is Cc1cc(NC(=O)c2ccc(COc3ccc(Cl)cc3)o2)nn1Cc1cccc(Cl)c1. The summed E-state index contributed by atoms with van der Waals surface area (Å²) in [6.45, 7) is 2.67. The number of carbonyl (C=O) groups excluding carboxylic acids is 1. The minimum Gasteiger partial charge on any atom is -0.486 e. The van der Waals surface area contributed by atoms with Crippen LogP contribution in [0.4, 0.5) is 5.82 Å². The maximum absolute atomic E-state index is 12.5. The second kappa shape index (κ2) is 9.29. The van der Waals surface area contributed by atoms with Gasteiger partial charge in [0, 0.05) is 21.8 Å². The van der Waals surface area contributed by atoms with E-state index in [1.165, 1.54) is 0 Å². The van der Waals surface area contributed by atoms with Gasteiger partial charge in [-0.15, -0.1) is 0 Å². The van der Waals surface area contributed by atoms with Gasteiger partial charge in [0.1, 0.15) is 18.1 Å². The predicted octanol–water partition coefficient (Wildman–Crippen LogP) is 5.97. The van der Waals surface area contributed by atoms with Crippen molar-refractivity contribution in [1.82, 2.24) is 9.78 Å². The molecule has 0 bridgehead atoms. The van der Waals surface area contributed by atoms with Crippen LogP contribution in [0.3, 0.4) is 0 Å². The molecule has 0 atom stereocenters. The number of amides is 1. The number of carbonyl (C=O) groups is 1. The van der Waals surface area contributed by atoms with E-state index in [9.17, 15) is 4.79 Å². The molecule has 4 rings (SSSR count). The highest BCUT2D eigenvalue weighted by Gasteiger charge is 2.14. The topological polar surface area (TPSA) is 69.3 Å². The summed E-state index contributed by atoms with van der Waals surface area (Å²) in [5.74, 6) is 1.43. The Kier molecular flexibility index (Phi) is 6.30. The summed E-state index contributed by atoms with van der Waals surface area (Å²) in [7, 11) is 0. The molecule has 0 fully saturated rings. The molecule has 1 amide bonds. The van der Waals surface area contributed by atoms with Crippen LogP contribution in [0.25, 0.3) is 0 Å². The molecule has 0 spiro atoms. The van der Waals surface area contributed by atoms with Gasteiger partial charge in [0.05, 0.1) is 6.54 Å².